The molecule has 1 amide bonds. The van der Waals surface area contributed by atoms with Crippen molar-refractivity contribution in [1.82, 2.24) is 0 Å². The Morgan fingerprint density at radius 2 is 2.25 bits per heavy atom. The van der Waals surface area contributed by atoms with Crippen LogP contribution in [0.1, 0.15) is 16.8 Å². The lowest BCUT2D eigenvalue weighted by molar-refractivity contribution is 0.1000. The van der Waals surface area contributed by atoms with Crippen molar-refractivity contribution in [3.05, 3.63) is 46.5 Å². The van der Waals surface area contributed by atoms with Gasteiger partial charge in [-0.05, 0) is 34.2 Å². The standard InChI is InChI=1S/C13H10N2O/c14-13(16)9-3-4-10-8(6-9)2-1-5-15-12-7-11(10)12/h1-6H,7H2,(H2,14,16). The average Bonchev–Trinajstić information content (AvgIpc) is 2.99. The maximum atomic E-state index is 11.1. The molecule has 3 rings (SSSR count). The lowest BCUT2D eigenvalue weighted by atomic mass is 10.1. The smallest absolute Gasteiger partial charge is 0.248 e. The van der Waals surface area contributed by atoms with Gasteiger partial charge in [0.05, 0.1) is 0 Å². The van der Waals surface area contributed by atoms with Crippen molar-refractivity contribution in [2.24, 2.45) is 10.7 Å². The molecule has 3 heteroatoms. The van der Waals surface area contributed by atoms with Crippen LogP contribution in [0.15, 0.2) is 35.5 Å². The molecule has 0 spiro atoms. The number of carbonyl (C=O) groups is 1. The lowest BCUT2D eigenvalue weighted by Gasteiger charge is -1.96. The summed E-state index contributed by atoms with van der Waals surface area (Å²) in [5.41, 5.74) is 8.21. The van der Waals surface area contributed by atoms with E-state index in [1.165, 1.54) is 5.57 Å². The minimum atomic E-state index is -0.392. The molecule has 0 unspecified atom stereocenters. The molecule has 0 aromatic heterocycles. The van der Waals surface area contributed by atoms with E-state index >= 15 is 0 Å². The number of aliphatic imine (C=N–C) groups is 1. The first-order valence-electron chi connectivity index (χ1n) is 5.13. The highest BCUT2D eigenvalue weighted by atomic mass is 16.1. The highest BCUT2D eigenvalue weighted by Crippen LogP contribution is 2.25. The second-order valence-electron chi connectivity index (χ2n) is 3.91. The predicted molar refractivity (Wildman–Crippen MR) is 63.3 cm³/mol. The number of fused-ring (bicyclic) bond motifs is 2. The average molecular weight is 210 g/mol. The van der Waals surface area contributed by atoms with Gasteiger partial charge in [0.2, 0.25) is 5.91 Å². The van der Waals surface area contributed by atoms with Crippen LogP contribution in [0.4, 0.5) is 0 Å². The Labute approximate surface area is 92.3 Å². The van der Waals surface area contributed by atoms with Gasteiger partial charge in [0.15, 0.2) is 0 Å². The summed E-state index contributed by atoms with van der Waals surface area (Å²) in [6.07, 6.45) is 6.56. The Kier molecular flexibility index (Phi) is 1.80. The Hall–Kier alpha value is -2.16. The minimum Gasteiger partial charge on any atom is -0.366 e. The van der Waals surface area contributed by atoms with E-state index in [-0.39, 0.29) is 0 Å². The molecule has 0 bridgehead atoms. The second kappa shape index (κ2) is 3.17. The van der Waals surface area contributed by atoms with Crippen molar-refractivity contribution in [2.45, 2.75) is 6.42 Å². The van der Waals surface area contributed by atoms with Crippen LogP contribution in [0.25, 0.3) is 11.6 Å². The summed E-state index contributed by atoms with van der Waals surface area (Å²) in [4.78, 5) is 15.4. The fourth-order valence-electron chi connectivity index (χ4n) is 1.91. The maximum Gasteiger partial charge on any atom is 0.248 e. The van der Waals surface area contributed by atoms with Crippen molar-refractivity contribution in [3.8, 4) is 0 Å². The first-order chi connectivity index (χ1) is 7.75. The molecule has 16 heavy (non-hydrogen) atoms. The van der Waals surface area contributed by atoms with E-state index in [0.29, 0.717) is 5.56 Å². The van der Waals surface area contributed by atoms with E-state index in [0.717, 1.165) is 22.6 Å². The summed E-state index contributed by atoms with van der Waals surface area (Å²) in [6, 6.07) is 5.54. The van der Waals surface area contributed by atoms with E-state index < -0.39 is 5.91 Å². The quantitative estimate of drug-likeness (QED) is 0.701. The number of amides is 1. The molecule has 1 aliphatic heterocycles. The normalized spacial score (nSPS) is 16.2. The molecule has 1 aliphatic carbocycles. The van der Waals surface area contributed by atoms with Gasteiger partial charge in [-0.25, -0.2) is 0 Å². The number of nitrogens with two attached hydrogens (primary N) is 1. The molecule has 0 radical (unpaired) electrons. The fourth-order valence-corrected chi connectivity index (χ4v) is 1.91. The molecular weight excluding hydrogens is 200 g/mol. The van der Waals surface area contributed by atoms with E-state index in [2.05, 4.69) is 4.99 Å². The number of nitrogens with zero attached hydrogens (tertiary/aromatic N) is 1. The molecule has 2 aliphatic rings. The Bertz CT molecular complexity index is 666. The van der Waals surface area contributed by atoms with E-state index in [1.54, 1.807) is 12.3 Å². The van der Waals surface area contributed by atoms with E-state index in [1.807, 2.05) is 24.3 Å². The zero-order valence-electron chi connectivity index (χ0n) is 8.60. The summed E-state index contributed by atoms with van der Waals surface area (Å²) < 4.78 is 0. The summed E-state index contributed by atoms with van der Waals surface area (Å²) in [7, 11) is 0. The molecule has 3 nitrogen and oxygen atoms in total. The van der Waals surface area contributed by atoms with E-state index in [9.17, 15) is 4.79 Å². The minimum absolute atomic E-state index is 0.392. The number of rotatable bonds is 1. The lowest BCUT2D eigenvalue weighted by Crippen LogP contribution is -2.27. The first kappa shape index (κ1) is 9.09. The third-order valence-electron chi connectivity index (χ3n) is 2.82. The number of benzene rings is 1. The topological polar surface area (TPSA) is 55.5 Å². The summed E-state index contributed by atoms with van der Waals surface area (Å²) >= 11 is 0. The molecule has 1 fully saturated rings. The molecule has 0 saturated heterocycles. The SMILES string of the molecule is NC(=O)c1ccc2c(c1)=CC=CN=C1CC=21. The first-order valence-corrected chi connectivity index (χ1v) is 5.13. The van der Waals surface area contributed by atoms with Crippen molar-refractivity contribution >= 4 is 23.3 Å². The van der Waals surface area contributed by atoms with Crippen LogP contribution in [-0.4, -0.2) is 11.6 Å². The number of hydrogen-bond donors (Lipinski definition) is 1. The van der Waals surface area contributed by atoms with Gasteiger partial charge in [-0.15, -0.1) is 0 Å². The monoisotopic (exact) mass is 210 g/mol. The van der Waals surface area contributed by atoms with Crippen molar-refractivity contribution in [3.63, 3.8) is 0 Å². The highest BCUT2D eigenvalue weighted by molar-refractivity contribution is 6.38. The molecule has 2 N–H and O–H groups in total. The molecule has 1 aromatic carbocycles. The summed E-state index contributed by atoms with van der Waals surface area (Å²) in [5, 5.41) is 2.19. The predicted octanol–water partition coefficient (Wildman–Crippen LogP) is 0.0887. The molecular formula is C13H10N2O. The summed E-state index contributed by atoms with van der Waals surface area (Å²) in [6.45, 7) is 0. The Balaban J connectivity index is 2.35. The van der Waals surface area contributed by atoms with Gasteiger partial charge in [-0.3, -0.25) is 9.79 Å². The Morgan fingerprint density at radius 1 is 1.38 bits per heavy atom. The van der Waals surface area contributed by atoms with Gasteiger partial charge < -0.3 is 5.73 Å². The van der Waals surface area contributed by atoms with Gasteiger partial charge in [0, 0.05) is 23.9 Å². The van der Waals surface area contributed by atoms with Crippen LogP contribution in [0, 0.1) is 0 Å². The largest absolute Gasteiger partial charge is 0.366 e. The van der Waals surface area contributed by atoms with Crippen LogP contribution < -0.4 is 16.2 Å². The molecule has 1 saturated carbocycles. The van der Waals surface area contributed by atoms with Gasteiger partial charge in [-0.2, -0.15) is 0 Å². The second-order valence-corrected chi connectivity index (χ2v) is 3.91. The zero-order valence-corrected chi connectivity index (χ0v) is 8.60. The van der Waals surface area contributed by atoms with Crippen LogP contribution >= 0.6 is 0 Å². The number of hydrogen-bond acceptors (Lipinski definition) is 2. The zero-order chi connectivity index (χ0) is 11.1. The van der Waals surface area contributed by atoms with Gasteiger partial charge in [-0.1, -0.05) is 12.1 Å². The highest BCUT2D eigenvalue weighted by Gasteiger charge is 2.24. The fraction of sp³-hybridized carbons (Fsp3) is 0.0769. The van der Waals surface area contributed by atoms with Crippen molar-refractivity contribution in [1.29, 1.82) is 0 Å². The molecule has 78 valence electrons. The molecule has 1 aromatic rings. The third kappa shape index (κ3) is 1.37. The van der Waals surface area contributed by atoms with Crippen LogP contribution in [0.3, 0.4) is 0 Å². The van der Waals surface area contributed by atoms with Crippen molar-refractivity contribution in [2.75, 3.05) is 0 Å². The van der Waals surface area contributed by atoms with Crippen LogP contribution in [0.2, 0.25) is 0 Å². The Morgan fingerprint density at radius 3 is 3.06 bits per heavy atom. The number of primary amides is 1. The van der Waals surface area contributed by atoms with Gasteiger partial charge in [0.25, 0.3) is 0 Å². The third-order valence-corrected chi connectivity index (χ3v) is 2.82. The molecule has 0 atom stereocenters. The van der Waals surface area contributed by atoms with Gasteiger partial charge >= 0.3 is 0 Å². The number of allylic oxidation sites excluding steroid dienone is 1. The van der Waals surface area contributed by atoms with Crippen LogP contribution in [-0.2, 0) is 0 Å². The number of carbonyl (C=O) groups excluding carboxylic acids is 1. The van der Waals surface area contributed by atoms with E-state index in [4.69, 9.17) is 5.73 Å². The maximum absolute atomic E-state index is 11.1. The van der Waals surface area contributed by atoms with Gasteiger partial charge in [0.1, 0.15) is 0 Å². The summed E-state index contributed by atoms with van der Waals surface area (Å²) in [5.74, 6) is -0.392. The molecule has 1 heterocycles. The van der Waals surface area contributed by atoms with Crippen LogP contribution in [0.5, 0.6) is 0 Å². The van der Waals surface area contributed by atoms with Crippen molar-refractivity contribution < 1.29 is 4.79 Å².